The van der Waals surface area contributed by atoms with Gasteiger partial charge in [-0.05, 0) is 130 Å². The van der Waals surface area contributed by atoms with E-state index in [-0.39, 0.29) is 23.8 Å². The molecule has 2 saturated heterocycles. The highest BCUT2D eigenvalue weighted by Gasteiger charge is 2.27. The molecule has 0 saturated carbocycles. The van der Waals surface area contributed by atoms with E-state index in [0.29, 0.717) is 19.0 Å². The average Bonchev–Trinajstić information content (AvgIpc) is 3.06. The van der Waals surface area contributed by atoms with Crippen LogP contribution < -0.4 is 0 Å². The molecule has 0 radical (unpaired) electrons. The van der Waals surface area contributed by atoms with Crippen LogP contribution in [0.3, 0.4) is 0 Å². The number of likely N-dealkylation sites (tertiary alicyclic amines) is 2. The minimum absolute atomic E-state index is 0.0202. The zero-order valence-electron chi connectivity index (χ0n) is 27.5. The van der Waals surface area contributed by atoms with Crippen LogP contribution in [0.4, 0.5) is 0 Å². The number of hydrogen-bond acceptors (Lipinski definition) is 7. The second-order valence-corrected chi connectivity index (χ2v) is 12.7. The normalized spacial score (nSPS) is 16.6. The van der Waals surface area contributed by atoms with Gasteiger partial charge in [-0.3, -0.25) is 19.4 Å². The summed E-state index contributed by atoms with van der Waals surface area (Å²) in [5.74, 6) is 0.383. The quantitative estimate of drug-likeness (QED) is 0.207. The highest BCUT2D eigenvalue weighted by Crippen LogP contribution is 2.25. The van der Waals surface area contributed by atoms with Crippen molar-refractivity contribution >= 4 is 33.5 Å². The molecule has 2 aliphatic rings. The molecule has 2 heterocycles. The van der Waals surface area contributed by atoms with Crippen molar-refractivity contribution in [2.45, 2.75) is 59.5 Å². The van der Waals surface area contributed by atoms with Crippen molar-refractivity contribution in [1.29, 1.82) is 0 Å². The average molecular weight is 625 g/mol. The fraction of sp³-hybridized carbons (Fsp3) is 0.436. The van der Waals surface area contributed by atoms with Gasteiger partial charge in [0.2, 0.25) is 0 Å². The number of phenolic OH excluding ortho intramolecular Hbond substituents is 1. The second kappa shape index (κ2) is 16.1. The summed E-state index contributed by atoms with van der Waals surface area (Å²) < 4.78 is 10.3. The third-order valence-electron chi connectivity index (χ3n) is 9.18. The molecular weight excluding hydrogens is 576 g/mol. The van der Waals surface area contributed by atoms with E-state index >= 15 is 0 Å². The predicted molar refractivity (Wildman–Crippen MR) is 184 cm³/mol. The number of nitrogens with zero attached hydrogens (tertiary/aromatic N) is 2. The third kappa shape index (κ3) is 9.08. The predicted octanol–water partition coefficient (Wildman–Crippen LogP) is 7.24. The Bertz CT molecular complexity index is 1500. The smallest absolute Gasteiger partial charge is 0.309 e. The number of piperidine rings is 2. The van der Waals surface area contributed by atoms with Crippen LogP contribution in [-0.4, -0.2) is 66.2 Å². The zero-order chi connectivity index (χ0) is 32.5. The summed E-state index contributed by atoms with van der Waals surface area (Å²) in [5.41, 5.74) is 3.90. The lowest BCUT2D eigenvalue weighted by Gasteiger charge is -2.30. The van der Waals surface area contributed by atoms with E-state index in [1.807, 2.05) is 19.9 Å². The van der Waals surface area contributed by atoms with Crippen LogP contribution in [0.25, 0.3) is 21.5 Å². The highest BCUT2D eigenvalue weighted by atomic mass is 16.5. The number of phenols is 1. The molecule has 2 fully saturated rings. The largest absolute Gasteiger partial charge is 0.508 e. The van der Waals surface area contributed by atoms with Crippen molar-refractivity contribution in [3.8, 4) is 5.75 Å². The third-order valence-corrected chi connectivity index (χ3v) is 9.18. The summed E-state index contributed by atoms with van der Waals surface area (Å²) in [6.45, 7) is 12.4. The number of hydrogen-bond donors (Lipinski definition) is 1. The van der Waals surface area contributed by atoms with E-state index in [9.17, 15) is 14.7 Å². The maximum atomic E-state index is 11.8. The lowest BCUT2D eigenvalue weighted by atomic mass is 9.96. The van der Waals surface area contributed by atoms with E-state index in [1.165, 1.54) is 27.5 Å². The molecule has 244 valence electrons. The molecule has 0 spiro atoms. The molecule has 0 aromatic heterocycles. The molecule has 0 unspecified atom stereocenters. The summed E-state index contributed by atoms with van der Waals surface area (Å²) in [7, 11) is 0. The van der Waals surface area contributed by atoms with Crippen molar-refractivity contribution in [2.75, 3.05) is 39.4 Å². The fourth-order valence-corrected chi connectivity index (χ4v) is 6.58. The minimum Gasteiger partial charge on any atom is -0.508 e. The summed E-state index contributed by atoms with van der Waals surface area (Å²) >= 11 is 0. The van der Waals surface area contributed by atoms with Crippen LogP contribution in [0.2, 0.25) is 0 Å². The van der Waals surface area contributed by atoms with Crippen molar-refractivity contribution < 1.29 is 24.2 Å². The highest BCUT2D eigenvalue weighted by molar-refractivity contribution is 5.85. The van der Waals surface area contributed by atoms with Crippen LogP contribution in [-0.2, 0) is 32.2 Å². The molecule has 2 aliphatic heterocycles. The van der Waals surface area contributed by atoms with Gasteiger partial charge in [0.25, 0.3) is 0 Å². The topological polar surface area (TPSA) is 79.3 Å². The van der Waals surface area contributed by atoms with Gasteiger partial charge in [0.15, 0.2) is 0 Å². The molecule has 7 heteroatoms. The van der Waals surface area contributed by atoms with Crippen LogP contribution in [0.1, 0.15) is 56.2 Å². The molecule has 7 nitrogen and oxygen atoms in total. The summed E-state index contributed by atoms with van der Waals surface area (Å²) in [4.78, 5) is 28.4. The number of aryl methyl sites for hydroxylation is 1. The molecular formula is C39H48N2O5. The van der Waals surface area contributed by atoms with E-state index in [0.717, 1.165) is 75.7 Å². The number of carbonyl (C=O) groups excluding carboxylic acids is 2. The van der Waals surface area contributed by atoms with Gasteiger partial charge in [-0.2, -0.15) is 0 Å². The number of rotatable bonds is 8. The number of ether oxygens (including phenoxy) is 2. The van der Waals surface area contributed by atoms with E-state index in [4.69, 9.17) is 9.47 Å². The Morgan fingerprint density at radius 2 is 1.04 bits per heavy atom. The van der Waals surface area contributed by atoms with Gasteiger partial charge in [0, 0.05) is 13.1 Å². The number of fused-ring (bicyclic) bond motifs is 2. The molecule has 4 aromatic rings. The van der Waals surface area contributed by atoms with Gasteiger partial charge in [-0.1, -0.05) is 54.1 Å². The lowest BCUT2D eigenvalue weighted by Crippen LogP contribution is -2.36. The molecule has 46 heavy (non-hydrogen) atoms. The molecule has 0 aliphatic carbocycles. The maximum absolute atomic E-state index is 11.8. The number of esters is 2. The SMILES string of the molecule is CCOC(=O)C1CCN(Cc2ccc3cc(C)ccc3c2)CC1.CCOC(=O)C1CCN(Cc2ccc3cc(O)ccc3c2)CC1. The zero-order valence-corrected chi connectivity index (χ0v) is 27.5. The van der Waals surface area contributed by atoms with Crippen molar-refractivity contribution in [3.63, 3.8) is 0 Å². The summed E-state index contributed by atoms with van der Waals surface area (Å²) in [6, 6.07) is 25.1. The summed E-state index contributed by atoms with van der Waals surface area (Å²) in [5, 5.41) is 14.3. The van der Waals surface area contributed by atoms with Gasteiger partial charge in [-0.15, -0.1) is 0 Å². The van der Waals surface area contributed by atoms with Crippen molar-refractivity contribution in [3.05, 3.63) is 89.5 Å². The Morgan fingerprint density at radius 3 is 1.52 bits per heavy atom. The van der Waals surface area contributed by atoms with Gasteiger partial charge in [0.05, 0.1) is 25.0 Å². The van der Waals surface area contributed by atoms with Crippen LogP contribution >= 0.6 is 0 Å². The lowest BCUT2D eigenvalue weighted by molar-refractivity contribution is -0.150. The Hall–Kier alpha value is -3.94. The van der Waals surface area contributed by atoms with Crippen molar-refractivity contribution in [1.82, 2.24) is 9.80 Å². The van der Waals surface area contributed by atoms with E-state index in [1.54, 1.807) is 12.1 Å². The van der Waals surface area contributed by atoms with Gasteiger partial charge in [0.1, 0.15) is 5.75 Å². The molecule has 0 amide bonds. The van der Waals surface area contributed by atoms with Crippen LogP contribution in [0, 0.1) is 18.8 Å². The summed E-state index contributed by atoms with van der Waals surface area (Å²) in [6.07, 6.45) is 3.57. The first kappa shape index (κ1) is 33.4. The minimum atomic E-state index is -0.0438. The first-order chi connectivity index (χ1) is 22.3. The van der Waals surface area contributed by atoms with Crippen LogP contribution in [0.5, 0.6) is 5.75 Å². The molecule has 6 rings (SSSR count). The monoisotopic (exact) mass is 624 g/mol. The molecule has 0 bridgehead atoms. The van der Waals surface area contributed by atoms with Crippen molar-refractivity contribution in [2.24, 2.45) is 11.8 Å². The standard InChI is InChI=1S/C20H25NO2.C19H23NO3/c1-3-23-20(22)17-8-10-21(11-9-17)14-16-5-7-18-12-15(2)4-6-19(18)13-16;1-2-23-19(22)15-7-9-20(10-8-15)13-14-3-4-17-12-18(21)6-5-16(17)11-14/h4-7,12-13,17H,3,8-11,14H2,1-2H3;3-6,11-12,15,21H,2,7-10,13H2,1H3. The van der Waals surface area contributed by atoms with E-state index in [2.05, 4.69) is 71.3 Å². The fourth-order valence-electron chi connectivity index (χ4n) is 6.58. The number of aromatic hydroxyl groups is 1. The molecule has 0 atom stereocenters. The van der Waals surface area contributed by atoms with Gasteiger partial charge in [-0.25, -0.2) is 0 Å². The number of benzene rings is 4. The second-order valence-electron chi connectivity index (χ2n) is 12.7. The first-order valence-electron chi connectivity index (χ1n) is 16.8. The van der Waals surface area contributed by atoms with Gasteiger partial charge >= 0.3 is 11.9 Å². The Morgan fingerprint density at radius 1 is 0.630 bits per heavy atom. The molecule has 4 aromatic carbocycles. The Balaban J connectivity index is 0.000000181. The molecule has 1 N–H and O–H groups in total. The van der Waals surface area contributed by atoms with E-state index < -0.39 is 0 Å². The first-order valence-corrected chi connectivity index (χ1v) is 16.8. The van der Waals surface area contributed by atoms with Crippen LogP contribution in [0.15, 0.2) is 72.8 Å². The maximum Gasteiger partial charge on any atom is 0.309 e. The Labute approximate surface area is 273 Å². The Kier molecular flexibility index (Phi) is 11.7. The number of carbonyl (C=O) groups is 2. The van der Waals surface area contributed by atoms with Gasteiger partial charge < -0.3 is 14.6 Å².